The monoisotopic (exact) mass is 412 g/mol. The molecule has 2 aromatic carbocycles. The van der Waals surface area contributed by atoms with Crippen LogP contribution in [0.1, 0.15) is 0 Å². The smallest absolute Gasteiger partial charge is 0.264 e. The van der Waals surface area contributed by atoms with E-state index < -0.39 is 28.3 Å². The fraction of sp³-hybridized carbons (Fsp3) is 0.278. The maximum Gasteiger partial charge on any atom is 0.264 e. The molecule has 0 unspecified atom stereocenters. The van der Waals surface area contributed by atoms with Crippen molar-refractivity contribution in [1.29, 1.82) is 0 Å². The Bertz CT molecular complexity index is 873. The van der Waals surface area contributed by atoms with Crippen molar-refractivity contribution in [3.05, 3.63) is 54.3 Å². The zero-order chi connectivity index (χ0) is 19.9. The van der Waals surface area contributed by atoms with Gasteiger partial charge in [0.2, 0.25) is 5.91 Å². The van der Waals surface area contributed by atoms with Gasteiger partial charge in [-0.15, -0.1) is 11.8 Å². The van der Waals surface area contributed by atoms with Crippen LogP contribution in [0.15, 0.2) is 58.3 Å². The molecule has 0 aromatic heterocycles. The topological polar surface area (TPSA) is 75.7 Å². The van der Waals surface area contributed by atoms with Crippen molar-refractivity contribution in [2.75, 3.05) is 37.4 Å². The highest BCUT2D eigenvalue weighted by Crippen LogP contribution is 2.25. The number of nitrogens with one attached hydrogen (secondary N) is 1. The third kappa shape index (κ3) is 5.69. The number of carbonyl (C=O) groups is 1. The van der Waals surface area contributed by atoms with E-state index in [4.69, 9.17) is 4.74 Å². The lowest BCUT2D eigenvalue weighted by atomic mass is 10.3. The molecule has 0 atom stereocenters. The van der Waals surface area contributed by atoms with Gasteiger partial charge in [-0.25, -0.2) is 12.8 Å². The van der Waals surface area contributed by atoms with E-state index >= 15 is 0 Å². The van der Waals surface area contributed by atoms with Crippen LogP contribution in [0.4, 0.5) is 10.1 Å². The van der Waals surface area contributed by atoms with E-state index in [1.54, 1.807) is 12.1 Å². The summed E-state index contributed by atoms with van der Waals surface area (Å²) in [6.07, 6.45) is 1.88. The summed E-state index contributed by atoms with van der Waals surface area (Å²) >= 11 is 1.48. The summed E-state index contributed by atoms with van der Waals surface area (Å²) in [5.41, 5.74) is 0.0748. The quantitative estimate of drug-likeness (QED) is 0.506. The summed E-state index contributed by atoms with van der Waals surface area (Å²) in [6.45, 7) is 0.0726. The van der Waals surface area contributed by atoms with Crippen molar-refractivity contribution in [3.8, 4) is 0 Å². The molecule has 1 N–H and O–H groups in total. The van der Waals surface area contributed by atoms with E-state index in [0.717, 1.165) is 15.3 Å². The van der Waals surface area contributed by atoms with Gasteiger partial charge in [-0.1, -0.05) is 6.07 Å². The lowest BCUT2D eigenvalue weighted by Gasteiger charge is -2.24. The molecule has 0 bridgehead atoms. The zero-order valence-corrected chi connectivity index (χ0v) is 16.6. The number of hydrogen-bond acceptors (Lipinski definition) is 5. The first-order chi connectivity index (χ1) is 12.9. The highest BCUT2D eigenvalue weighted by atomic mass is 32.2. The summed E-state index contributed by atoms with van der Waals surface area (Å²) in [5.74, 6) is -1.11. The number of thioether (sulfide) groups is 1. The Labute approximate surface area is 162 Å². The molecule has 9 heteroatoms. The fourth-order valence-electron chi connectivity index (χ4n) is 2.30. The number of hydrogen-bond donors (Lipinski definition) is 1. The van der Waals surface area contributed by atoms with E-state index in [-0.39, 0.29) is 17.1 Å². The van der Waals surface area contributed by atoms with Crippen molar-refractivity contribution < 1.29 is 22.3 Å². The van der Waals surface area contributed by atoms with E-state index in [1.807, 2.05) is 6.26 Å². The van der Waals surface area contributed by atoms with Crippen molar-refractivity contribution in [2.45, 2.75) is 9.79 Å². The SMILES string of the molecule is COCCNC(=O)CN(c1cccc(F)c1)S(=O)(=O)c1ccc(SC)cc1. The molecular formula is C18H21FN2O4S2. The Morgan fingerprint density at radius 2 is 1.93 bits per heavy atom. The maximum absolute atomic E-state index is 13.7. The molecule has 2 rings (SSSR count). The first-order valence-corrected chi connectivity index (χ1v) is 10.7. The molecule has 146 valence electrons. The molecular weight excluding hydrogens is 391 g/mol. The minimum absolute atomic E-state index is 0.0225. The average molecular weight is 413 g/mol. The summed E-state index contributed by atoms with van der Waals surface area (Å²) in [6, 6.07) is 11.4. The second-order valence-corrected chi connectivity index (χ2v) is 8.25. The van der Waals surface area contributed by atoms with Crippen LogP contribution in [-0.2, 0) is 19.6 Å². The van der Waals surface area contributed by atoms with Crippen LogP contribution >= 0.6 is 11.8 Å². The van der Waals surface area contributed by atoms with Gasteiger partial charge in [-0.2, -0.15) is 0 Å². The molecule has 0 aliphatic rings. The number of ether oxygens (including phenoxy) is 1. The number of benzene rings is 2. The predicted octanol–water partition coefficient (Wildman–Crippen LogP) is 2.51. The van der Waals surface area contributed by atoms with Crippen LogP contribution in [-0.4, -0.2) is 47.4 Å². The standard InChI is InChI=1S/C18H21FN2O4S2/c1-25-11-10-20-18(22)13-21(15-5-3-4-14(19)12-15)27(23,24)17-8-6-16(26-2)7-9-17/h3-9,12H,10-11,13H2,1-2H3,(H,20,22). The predicted molar refractivity (Wildman–Crippen MR) is 104 cm³/mol. The third-order valence-electron chi connectivity index (χ3n) is 3.66. The molecule has 1 amide bonds. The highest BCUT2D eigenvalue weighted by Gasteiger charge is 2.27. The number of carbonyl (C=O) groups excluding carboxylic acids is 1. The van der Waals surface area contributed by atoms with Gasteiger partial charge in [0.05, 0.1) is 17.2 Å². The van der Waals surface area contributed by atoms with E-state index in [0.29, 0.717) is 6.61 Å². The Hall–Kier alpha value is -2.10. The molecule has 2 aromatic rings. The van der Waals surface area contributed by atoms with E-state index in [1.165, 1.54) is 49.2 Å². The van der Waals surface area contributed by atoms with Crippen LogP contribution < -0.4 is 9.62 Å². The number of sulfonamides is 1. The second-order valence-electron chi connectivity index (χ2n) is 5.51. The Morgan fingerprint density at radius 1 is 1.22 bits per heavy atom. The van der Waals surface area contributed by atoms with Crippen LogP contribution in [0.25, 0.3) is 0 Å². The molecule has 0 aliphatic carbocycles. The maximum atomic E-state index is 13.7. The van der Waals surface area contributed by atoms with Crippen molar-refractivity contribution >= 4 is 33.4 Å². The summed E-state index contributed by atoms with van der Waals surface area (Å²) in [4.78, 5) is 13.1. The number of rotatable bonds is 9. The molecule has 6 nitrogen and oxygen atoms in total. The summed E-state index contributed by atoms with van der Waals surface area (Å²) < 4.78 is 45.6. The Morgan fingerprint density at radius 3 is 2.52 bits per heavy atom. The van der Waals surface area contributed by atoms with Crippen molar-refractivity contribution in [3.63, 3.8) is 0 Å². The molecule has 0 heterocycles. The van der Waals surface area contributed by atoms with Gasteiger partial charge in [0.1, 0.15) is 12.4 Å². The fourth-order valence-corrected chi connectivity index (χ4v) is 4.12. The van der Waals surface area contributed by atoms with Gasteiger partial charge in [-0.3, -0.25) is 9.10 Å². The van der Waals surface area contributed by atoms with Gasteiger partial charge >= 0.3 is 0 Å². The van der Waals surface area contributed by atoms with Gasteiger partial charge in [0, 0.05) is 18.6 Å². The first kappa shape index (κ1) is 21.2. The lowest BCUT2D eigenvalue weighted by molar-refractivity contribution is -0.119. The molecule has 27 heavy (non-hydrogen) atoms. The molecule has 0 fully saturated rings. The number of halogens is 1. The largest absolute Gasteiger partial charge is 0.383 e. The minimum atomic E-state index is -4.06. The Balaban J connectivity index is 2.36. The molecule has 0 saturated heterocycles. The number of anilines is 1. The second kappa shape index (κ2) is 9.72. The number of nitrogens with zero attached hydrogens (tertiary/aromatic N) is 1. The van der Waals surface area contributed by atoms with Crippen molar-refractivity contribution in [1.82, 2.24) is 5.32 Å². The van der Waals surface area contributed by atoms with Crippen LogP contribution in [0, 0.1) is 5.82 Å². The Kier molecular flexibility index (Phi) is 7.64. The molecule has 0 aliphatic heterocycles. The third-order valence-corrected chi connectivity index (χ3v) is 6.19. The molecule has 0 radical (unpaired) electrons. The number of methoxy groups -OCH3 is 1. The van der Waals surface area contributed by atoms with Crippen LogP contribution in [0.2, 0.25) is 0 Å². The summed E-state index contributed by atoms with van der Waals surface area (Å²) in [5, 5.41) is 2.57. The minimum Gasteiger partial charge on any atom is -0.383 e. The van der Waals surface area contributed by atoms with Gasteiger partial charge in [-0.05, 0) is 48.7 Å². The average Bonchev–Trinajstić information content (AvgIpc) is 2.66. The normalized spacial score (nSPS) is 11.2. The van der Waals surface area contributed by atoms with Crippen LogP contribution in [0.5, 0.6) is 0 Å². The van der Waals surface area contributed by atoms with Gasteiger partial charge in [0.25, 0.3) is 10.0 Å². The van der Waals surface area contributed by atoms with Gasteiger partial charge in [0.15, 0.2) is 0 Å². The van der Waals surface area contributed by atoms with Crippen molar-refractivity contribution in [2.24, 2.45) is 0 Å². The van der Waals surface area contributed by atoms with E-state index in [2.05, 4.69) is 5.32 Å². The highest BCUT2D eigenvalue weighted by molar-refractivity contribution is 7.98. The first-order valence-electron chi connectivity index (χ1n) is 8.06. The molecule has 0 saturated carbocycles. The lowest BCUT2D eigenvalue weighted by Crippen LogP contribution is -2.41. The van der Waals surface area contributed by atoms with Gasteiger partial charge < -0.3 is 10.1 Å². The van der Waals surface area contributed by atoms with Crippen LogP contribution in [0.3, 0.4) is 0 Å². The number of amides is 1. The van der Waals surface area contributed by atoms with E-state index in [9.17, 15) is 17.6 Å². The summed E-state index contributed by atoms with van der Waals surface area (Å²) in [7, 11) is -2.56. The zero-order valence-electron chi connectivity index (χ0n) is 15.0. The molecule has 0 spiro atoms.